The van der Waals surface area contributed by atoms with Gasteiger partial charge in [-0.2, -0.15) is 0 Å². The molecule has 0 atom stereocenters. The largest absolute Gasteiger partial charge is 0.340 e. The van der Waals surface area contributed by atoms with Gasteiger partial charge in [-0.3, -0.25) is 9.59 Å². The average Bonchev–Trinajstić information content (AvgIpc) is 2.74. The Kier molecular flexibility index (Phi) is 5.90. The maximum Gasteiger partial charge on any atom is 0.255 e. The number of rotatable bonds is 5. The van der Waals surface area contributed by atoms with Crippen molar-refractivity contribution in [2.24, 2.45) is 0 Å². The highest BCUT2D eigenvalue weighted by Crippen LogP contribution is 2.27. The average molecular weight is 476 g/mol. The molecule has 2 amide bonds. The van der Waals surface area contributed by atoms with E-state index in [1.807, 2.05) is 36.4 Å². The van der Waals surface area contributed by atoms with Crippen LogP contribution in [0.5, 0.6) is 0 Å². The molecule has 0 fully saturated rings. The second kappa shape index (κ2) is 8.93. The van der Waals surface area contributed by atoms with Crippen molar-refractivity contribution in [1.29, 1.82) is 0 Å². The van der Waals surface area contributed by atoms with E-state index in [0.717, 1.165) is 21.1 Å². The van der Waals surface area contributed by atoms with Crippen molar-refractivity contribution >= 4 is 61.5 Å². The molecule has 0 saturated heterocycles. The molecule has 0 saturated carbocycles. The van der Waals surface area contributed by atoms with Crippen LogP contribution in [0.1, 0.15) is 17.3 Å². The van der Waals surface area contributed by atoms with Gasteiger partial charge in [0.15, 0.2) is 0 Å². The number of hydrogen-bond donors (Lipinski definition) is 3. The number of carbonyl (C=O) groups excluding carboxylic acids is 2. The summed E-state index contributed by atoms with van der Waals surface area (Å²) in [5.41, 5.74) is 3.37. The fourth-order valence-electron chi connectivity index (χ4n) is 3.05. The van der Waals surface area contributed by atoms with Crippen LogP contribution in [0.25, 0.3) is 10.9 Å². The minimum atomic E-state index is -0.257. The van der Waals surface area contributed by atoms with E-state index in [2.05, 4.69) is 41.8 Å². The zero-order valence-corrected chi connectivity index (χ0v) is 18.1. The van der Waals surface area contributed by atoms with E-state index in [0.29, 0.717) is 22.8 Å². The van der Waals surface area contributed by atoms with E-state index in [1.54, 1.807) is 30.3 Å². The molecule has 0 unspecified atom stereocenters. The quantitative estimate of drug-likeness (QED) is 0.361. The van der Waals surface area contributed by atoms with Crippen molar-refractivity contribution in [1.82, 2.24) is 9.97 Å². The normalized spacial score (nSPS) is 10.5. The van der Waals surface area contributed by atoms with E-state index in [4.69, 9.17) is 0 Å². The van der Waals surface area contributed by atoms with Gasteiger partial charge in [-0.25, -0.2) is 9.97 Å². The Morgan fingerprint density at radius 2 is 1.61 bits per heavy atom. The highest BCUT2D eigenvalue weighted by molar-refractivity contribution is 9.10. The number of halogens is 1. The number of nitrogens with one attached hydrogen (secondary N) is 3. The van der Waals surface area contributed by atoms with Crippen molar-refractivity contribution < 1.29 is 9.59 Å². The number of fused-ring (bicyclic) bond motifs is 1. The van der Waals surface area contributed by atoms with Crippen LogP contribution < -0.4 is 16.0 Å². The maximum atomic E-state index is 12.6. The second-order valence-corrected chi connectivity index (χ2v) is 7.72. The van der Waals surface area contributed by atoms with Gasteiger partial charge in [-0.1, -0.05) is 22.0 Å². The lowest BCUT2D eigenvalue weighted by molar-refractivity contribution is -0.114. The Hall–Kier alpha value is -3.78. The first-order valence-corrected chi connectivity index (χ1v) is 10.2. The Labute approximate surface area is 187 Å². The Morgan fingerprint density at radius 3 is 2.35 bits per heavy atom. The van der Waals surface area contributed by atoms with Crippen LogP contribution in [-0.4, -0.2) is 21.8 Å². The van der Waals surface area contributed by atoms with E-state index in [9.17, 15) is 9.59 Å². The molecule has 3 N–H and O–H groups in total. The number of hydrogen-bond acceptors (Lipinski definition) is 5. The Bertz CT molecular complexity index is 1270. The topological polar surface area (TPSA) is 96.0 Å². The standard InChI is InChI=1S/C23H18BrN5O2/c1-14(30)27-17-7-5-15(6-8-17)23(31)29-19-9-10-21-20(12-19)22(26-13-25-21)28-18-4-2-3-16(24)11-18/h2-13H,1H3,(H,27,30)(H,29,31)(H,25,26,28). The van der Waals surface area contributed by atoms with Crippen LogP contribution in [0.4, 0.5) is 22.9 Å². The number of aromatic nitrogens is 2. The molecular formula is C23H18BrN5O2. The summed E-state index contributed by atoms with van der Waals surface area (Å²) < 4.78 is 0.952. The highest BCUT2D eigenvalue weighted by Gasteiger charge is 2.10. The van der Waals surface area contributed by atoms with Crippen LogP contribution in [0.15, 0.2) is 77.5 Å². The summed E-state index contributed by atoms with van der Waals surface area (Å²) in [6.07, 6.45) is 1.50. The molecular weight excluding hydrogens is 458 g/mol. The number of carbonyl (C=O) groups is 2. The summed E-state index contributed by atoms with van der Waals surface area (Å²) in [5, 5.41) is 9.64. The van der Waals surface area contributed by atoms with Crippen molar-refractivity contribution in [2.45, 2.75) is 6.92 Å². The Morgan fingerprint density at radius 1 is 0.839 bits per heavy atom. The van der Waals surface area contributed by atoms with Crippen LogP contribution in [0.2, 0.25) is 0 Å². The lowest BCUT2D eigenvalue weighted by Gasteiger charge is -2.11. The zero-order valence-electron chi connectivity index (χ0n) is 16.5. The molecule has 31 heavy (non-hydrogen) atoms. The van der Waals surface area contributed by atoms with E-state index < -0.39 is 0 Å². The molecule has 0 radical (unpaired) electrons. The van der Waals surface area contributed by atoms with E-state index in [-0.39, 0.29) is 11.8 Å². The molecule has 4 rings (SSSR count). The van der Waals surface area contributed by atoms with Crippen LogP contribution in [0, 0.1) is 0 Å². The molecule has 4 aromatic rings. The third-order valence-electron chi connectivity index (χ3n) is 4.45. The summed E-state index contributed by atoms with van der Waals surface area (Å²) >= 11 is 3.46. The van der Waals surface area contributed by atoms with Crippen molar-refractivity contribution in [3.8, 4) is 0 Å². The number of nitrogens with zero attached hydrogens (tertiary/aromatic N) is 2. The predicted molar refractivity (Wildman–Crippen MR) is 126 cm³/mol. The molecule has 3 aromatic carbocycles. The maximum absolute atomic E-state index is 12.6. The van der Waals surface area contributed by atoms with E-state index >= 15 is 0 Å². The lowest BCUT2D eigenvalue weighted by Crippen LogP contribution is -2.12. The van der Waals surface area contributed by atoms with E-state index in [1.165, 1.54) is 13.3 Å². The van der Waals surface area contributed by atoms with Gasteiger partial charge in [-0.15, -0.1) is 0 Å². The van der Waals surface area contributed by atoms with Gasteiger partial charge < -0.3 is 16.0 Å². The molecule has 0 aliphatic rings. The third kappa shape index (κ3) is 5.04. The summed E-state index contributed by atoms with van der Waals surface area (Å²) in [4.78, 5) is 32.4. The highest BCUT2D eigenvalue weighted by atomic mass is 79.9. The summed E-state index contributed by atoms with van der Waals surface area (Å²) in [6, 6.07) is 19.9. The van der Waals surface area contributed by atoms with Crippen LogP contribution >= 0.6 is 15.9 Å². The smallest absolute Gasteiger partial charge is 0.255 e. The molecule has 154 valence electrons. The molecule has 0 spiro atoms. The van der Waals surface area contributed by atoms with Crippen molar-refractivity contribution in [3.63, 3.8) is 0 Å². The molecule has 0 bridgehead atoms. The molecule has 7 nitrogen and oxygen atoms in total. The van der Waals surface area contributed by atoms with Gasteiger partial charge in [-0.05, 0) is 60.7 Å². The van der Waals surface area contributed by atoms with Gasteiger partial charge in [0.25, 0.3) is 5.91 Å². The predicted octanol–water partition coefficient (Wildman–Crippen LogP) is 5.35. The summed E-state index contributed by atoms with van der Waals surface area (Å²) in [6.45, 7) is 1.43. The van der Waals surface area contributed by atoms with Crippen LogP contribution in [0.3, 0.4) is 0 Å². The molecule has 0 aliphatic heterocycles. The first-order chi connectivity index (χ1) is 15.0. The van der Waals surface area contributed by atoms with Crippen LogP contribution in [-0.2, 0) is 4.79 Å². The van der Waals surface area contributed by atoms with Gasteiger partial charge in [0.2, 0.25) is 5.91 Å². The minimum Gasteiger partial charge on any atom is -0.340 e. The molecule has 8 heteroatoms. The molecule has 0 aliphatic carbocycles. The SMILES string of the molecule is CC(=O)Nc1ccc(C(=O)Nc2ccc3ncnc(Nc4cccc(Br)c4)c3c2)cc1. The van der Waals surface area contributed by atoms with Gasteiger partial charge in [0.05, 0.1) is 5.52 Å². The summed E-state index contributed by atoms with van der Waals surface area (Å²) in [5.74, 6) is 0.216. The van der Waals surface area contributed by atoms with Crippen molar-refractivity contribution in [2.75, 3.05) is 16.0 Å². The third-order valence-corrected chi connectivity index (χ3v) is 4.94. The number of amides is 2. The van der Waals surface area contributed by atoms with Gasteiger partial charge >= 0.3 is 0 Å². The fourth-order valence-corrected chi connectivity index (χ4v) is 3.45. The monoisotopic (exact) mass is 475 g/mol. The second-order valence-electron chi connectivity index (χ2n) is 6.80. The number of anilines is 4. The Balaban J connectivity index is 1.57. The first kappa shape index (κ1) is 20.5. The number of benzene rings is 3. The minimum absolute atomic E-state index is 0.164. The first-order valence-electron chi connectivity index (χ1n) is 9.44. The van der Waals surface area contributed by atoms with Crippen molar-refractivity contribution in [3.05, 3.63) is 83.1 Å². The molecule has 1 heterocycles. The van der Waals surface area contributed by atoms with Gasteiger partial charge in [0, 0.05) is 39.4 Å². The fraction of sp³-hybridized carbons (Fsp3) is 0.0435. The molecule has 1 aromatic heterocycles. The zero-order chi connectivity index (χ0) is 21.8. The lowest BCUT2D eigenvalue weighted by atomic mass is 10.1. The summed E-state index contributed by atoms with van der Waals surface area (Å²) in [7, 11) is 0. The van der Waals surface area contributed by atoms with Gasteiger partial charge in [0.1, 0.15) is 12.1 Å².